The standard InChI is InChI=1S/C30H33NO7/c1-34-25-11-9-21(17-27(25)35-2)15-23-19-37-29(32)24(23)16-22-10-12-26(28(18-22)36-3)38-30(33)31-14-13-20-7-5-4-6-8-20/h4-12,17-18,23-24H,13-16,19H2,1-3H3,(H,31,33)/t23-,24+/m0/s1. The van der Waals surface area contributed by atoms with Crippen LogP contribution in [0.5, 0.6) is 23.0 Å². The number of rotatable bonds is 11. The van der Waals surface area contributed by atoms with Crippen molar-refractivity contribution in [2.24, 2.45) is 11.8 Å². The first-order chi connectivity index (χ1) is 18.5. The van der Waals surface area contributed by atoms with Gasteiger partial charge >= 0.3 is 12.1 Å². The maximum Gasteiger partial charge on any atom is 0.412 e. The molecule has 0 spiro atoms. The second kappa shape index (κ2) is 12.9. The Kier molecular flexibility index (Phi) is 9.08. The fraction of sp³-hybridized carbons (Fsp3) is 0.333. The molecule has 2 atom stereocenters. The normalized spacial score (nSPS) is 16.4. The molecule has 0 aromatic heterocycles. The molecule has 200 valence electrons. The molecule has 0 radical (unpaired) electrons. The maximum atomic E-state index is 12.6. The van der Waals surface area contributed by atoms with Crippen molar-refractivity contribution in [3.63, 3.8) is 0 Å². The fourth-order valence-corrected chi connectivity index (χ4v) is 4.63. The molecule has 3 aromatic rings. The minimum atomic E-state index is -0.554. The molecule has 1 heterocycles. The van der Waals surface area contributed by atoms with E-state index < -0.39 is 6.09 Å². The molecule has 0 aliphatic carbocycles. The Morgan fingerprint density at radius 1 is 0.816 bits per heavy atom. The molecule has 38 heavy (non-hydrogen) atoms. The Bertz CT molecular complexity index is 1240. The number of esters is 1. The second-order valence-electron chi connectivity index (χ2n) is 9.13. The first-order valence-corrected chi connectivity index (χ1v) is 12.5. The predicted octanol–water partition coefficient (Wildman–Crippen LogP) is 4.62. The summed E-state index contributed by atoms with van der Waals surface area (Å²) in [6, 6.07) is 21.0. The van der Waals surface area contributed by atoms with Crippen LogP contribution in [0.3, 0.4) is 0 Å². The third kappa shape index (κ3) is 6.76. The van der Waals surface area contributed by atoms with Crippen LogP contribution in [-0.4, -0.2) is 46.5 Å². The number of cyclic esters (lactones) is 1. The number of ether oxygens (including phenoxy) is 5. The maximum absolute atomic E-state index is 12.6. The van der Waals surface area contributed by atoms with Crippen molar-refractivity contribution in [2.45, 2.75) is 19.3 Å². The molecule has 0 bridgehead atoms. The number of hydrogen-bond acceptors (Lipinski definition) is 7. The summed E-state index contributed by atoms with van der Waals surface area (Å²) in [7, 11) is 4.71. The summed E-state index contributed by atoms with van der Waals surface area (Å²) in [5, 5.41) is 2.76. The molecule has 0 unspecified atom stereocenters. The molecule has 1 saturated heterocycles. The van der Waals surface area contributed by atoms with Gasteiger partial charge in [0.2, 0.25) is 0 Å². The Morgan fingerprint density at radius 3 is 2.13 bits per heavy atom. The van der Waals surface area contributed by atoms with Gasteiger partial charge in [0, 0.05) is 12.5 Å². The largest absolute Gasteiger partial charge is 0.493 e. The molecule has 1 fully saturated rings. The van der Waals surface area contributed by atoms with Gasteiger partial charge in [-0.15, -0.1) is 0 Å². The molecule has 1 aliphatic heterocycles. The molecular weight excluding hydrogens is 486 g/mol. The Balaban J connectivity index is 1.37. The van der Waals surface area contributed by atoms with Gasteiger partial charge in [0.05, 0.1) is 33.9 Å². The van der Waals surface area contributed by atoms with Gasteiger partial charge in [-0.2, -0.15) is 0 Å². The minimum absolute atomic E-state index is 0.0120. The van der Waals surface area contributed by atoms with E-state index in [0.717, 1.165) is 16.7 Å². The van der Waals surface area contributed by atoms with Crippen molar-refractivity contribution in [3.05, 3.63) is 83.4 Å². The zero-order valence-corrected chi connectivity index (χ0v) is 21.9. The molecule has 1 N–H and O–H groups in total. The Morgan fingerprint density at radius 2 is 1.45 bits per heavy atom. The average Bonchev–Trinajstić information content (AvgIpc) is 3.28. The van der Waals surface area contributed by atoms with Crippen molar-refractivity contribution in [2.75, 3.05) is 34.5 Å². The molecular formula is C30H33NO7. The van der Waals surface area contributed by atoms with Gasteiger partial charge in [0.15, 0.2) is 23.0 Å². The van der Waals surface area contributed by atoms with Gasteiger partial charge in [-0.3, -0.25) is 4.79 Å². The first-order valence-electron chi connectivity index (χ1n) is 12.5. The van der Waals surface area contributed by atoms with E-state index in [2.05, 4.69) is 5.32 Å². The molecule has 0 saturated carbocycles. The summed E-state index contributed by atoms with van der Waals surface area (Å²) < 4.78 is 27.1. The predicted molar refractivity (Wildman–Crippen MR) is 142 cm³/mol. The van der Waals surface area contributed by atoms with Crippen molar-refractivity contribution in [1.29, 1.82) is 0 Å². The SMILES string of the molecule is COc1ccc(C[C@H]2COC(=O)[C@@H]2Cc2ccc(OC(=O)NCCc3ccccc3)c(OC)c2)cc1OC. The second-order valence-corrected chi connectivity index (χ2v) is 9.13. The number of nitrogens with one attached hydrogen (secondary N) is 1. The summed E-state index contributed by atoms with van der Waals surface area (Å²) in [5.41, 5.74) is 3.06. The van der Waals surface area contributed by atoms with E-state index in [1.54, 1.807) is 26.4 Å². The lowest BCUT2D eigenvalue weighted by atomic mass is 9.85. The molecule has 1 aliphatic rings. The highest BCUT2D eigenvalue weighted by Gasteiger charge is 2.37. The highest BCUT2D eigenvalue weighted by Crippen LogP contribution is 2.35. The van der Waals surface area contributed by atoms with Crippen molar-refractivity contribution < 1.29 is 33.3 Å². The van der Waals surface area contributed by atoms with Crippen molar-refractivity contribution in [1.82, 2.24) is 5.32 Å². The number of carbonyl (C=O) groups excluding carboxylic acids is 2. The summed E-state index contributed by atoms with van der Waals surface area (Å²) >= 11 is 0. The lowest BCUT2D eigenvalue weighted by Crippen LogP contribution is -2.28. The zero-order chi connectivity index (χ0) is 26.9. The van der Waals surface area contributed by atoms with Gasteiger partial charge in [-0.1, -0.05) is 42.5 Å². The lowest BCUT2D eigenvalue weighted by Gasteiger charge is -2.17. The third-order valence-corrected chi connectivity index (χ3v) is 6.67. The van der Waals surface area contributed by atoms with Crippen molar-refractivity contribution in [3.8, 4) is 23.0 Å². The number of amides is 1. The number of benzene rings is 3. The molecule has 8 nitrogen and oxygen atoms in total. The number of methoxy groups -OCH3 is 3. The quantitative estimate of drug-likeness (QED) is 0.370. The molecule has 1 amide bonds. The Hall–Kier alpha value is -4.20. The van der Waals surface area contributed by atoms with Crippen LogP contribution < -0.4 is 24.3 Å². The van der Waals surface area contributed by atoms with Crippen molar-refractivity contribution >= 4 is 12.1 Å². The molecule has 4 rings (SSSR count). The van der Waals surface area contributed by atoms with E-state index in [-0.39, 0.29) is 17.8 Å². The monoisotopic (exact) mass is 519 g/mol. The fourth-order valence-electron chi connectivity index (χ4n) is 4.63. The van der Waals surface area contributed by atoms with Crippen LogP contribution >= 0.6 is 0 Å². The molecule has 8 heteroatoms. The van der Waals surface area contributed by atoms with E-state index in [9.17, 15) is 9.59 Å². The van der Waals surface area contributed by atoms with E-state index in [0.29, 0.717) is 55.4 Å². The Labute approximate surface area is 222 Å². The summed E-state index contributed by atoms with van der Waals surface area (Å²) in [4.78, 5) is 24.9. The van der Waals surface area contributed by atoms with Crippen LogP contribution in [0, 0.1) is 11.8 Å². The summed E-state index contributed by atoms with van der Waals surface area (Å²) in [6.45, 7) is 0.813. The third-order valence-electron chi connectivity index (χ3n) is 6.67. The van der Waals surface area contributed by atoms with Gasteiger partial charge in [-0.25, -0.2) is 4.79 Å². The van der Waals surface area contributed by atoms with Crippen LogP contribution in [0.15, 0.2) is 66.7 Å². The van der Waals surface area contributed by atoms with Crippen LogP contribution in [0.25, 0.3) is 0 Å². The first kappa shape index (κ1) is 26.9. The average molecular weight is 520 g/mol. The minimum Gasteiger partial charge on any atom is -0.493 e. The van der Waals surface area contributed by atoms with Gasteiger partial charge < -0.3 is 29.0 Å². The topological polar surface area (TPSA) is 92.3 Å². The van der Waals surface area contributed by atoms with Crippen LogP contribution in [0.2, 0.25) is 0 Å². The highest BCUT2D eigenvalue weighted by molar-refractivity contribution is 5.75. The number of hydrogen-bond donors (Lipinski definition) is 1. The van der Waals surface area contributed by atoms with Gasteiger partial charge in [0.1, 0.15) is 0 Å². The lowest BCUT2D eigenvalue weighted by molar-refractivity contribution is -0.141. The smallest absolute Gasteiger partial charge is 0.412 e. The summed E-state index contributed by atoms with van der Waals surface area (Å²) in [6.07, 6.45) is 1.30. The summed E-state index contributed by atoms with van der Waals surface area (Å²) in [5.74, 6) is 1.53. The van der Waals surface area contributed by atoms with Gasteiger partial charge in [-0.05, 0) is 60.2 Å². The van der Waals surface area contributed by atoms with Crippen LogP contribution in [-0.2, 0) is 28.8 Å². The van der Waals surface area contributed by atoms with E-state index >= 15 is 0 Å². The highest BCUT2D eigenvalue weighted by atomic mass is 16.6. The van der Waals surface area contributed by atoms with E-state index in [1.165, 1.54) is 7.11 Å². The van der Waals surface area contributed by atoms with Crippen LogP contribution in [0.4, 0.5) is 4.79 Å². The van der Waals surface area contributed by atoms with E-state index in [4.69, 9.17) is 23.7 Å². The van der Waals surface area contributed by atoms with Gasteiger partial charge in [0.25, 0.3) is 0 Å². The van der Waals surface area contributed by atoms with E-state index in [1.807, 2.05) is 54.6 Å². The van der Waals surface area contributed by atoms with Crippen LogP contribution in [0.1, 0.15) is 16.7 Å². The number of carbonyl (C=O) groups is 2. The molecule has 3 aromatic carbocycles. The zero-order valence-electron chi connectivity index (χ0n) is 21.9.